The van der Waals surface area contributed by atoms with Gasteiger partial charge in [-0.15, -0.1) is 0 Å². The van der Waals surface area contributed by atoms with E-state index < -0.39 is 5.91 Å². The molecule has 6 heteroatoms. The second-order valence-corrected chi connectivity index (χ2v) is 6.05. The van der Waals surface area contributed by atoms with Crippen LogP contribution in [0.25, 0.3) is 6.08 Å². The Hall–Kier alpha value is -2.37. The van der Waals surface area contributed by atoms with E-state index in [9.17, 15) is 9.59 Å². The van der Waals surface area contributed by atoms with E-state index in [2.05, 4.69) is 9.88 Å². The summed E-state index contributed by atoms with van der Waals surface area (Å²) in [5.74, 6) is -0.146. The monoisotopic (exact) mass is 314 g/mol. The molecule has 3 rings (SSSR count). The summed E-state index contributed by atoms with van der Waals surface area (Å²) in [7, 11) is 0. The average Bonchev–Trinajstić information content (AvgIpc) is 2.56. The Morgan fingerprint density at radius 1 is 1.26 bits per heavy atom. The number of hydrogen-bond acceptors (Lipinski definition) is 4. The minimum Gasteiger partial charge on any atom is -0.366 e. The molecule has 0 unspecified atom stereocenters. The van der Waals surface area contributed by atoms with Crippen molar-refractivity contribution in [1.29, 1.82) is 0 Å². The standard InChI is InChI=1S/C17H22N4O2/c18-17(23)13-11-14-15(5-3-7-19-14)21(12-13)10-4-9-20-8-2-1-6-16(20)22/h3,5,7,11H,1-2,4,6,8-10,12H2,(H2,18,23). The smallest absolute Gasteiger partial charge is 0.246 e. The van der Waals surface area contributed by atoms with Crippen LogP contribution in [0.2, 0.25) is 0 Å². The summed E-state index contributed by atoms with van der Waals surface area (Å²) in [4.78, 5) is 31.8. The third-order valence-electron chi connectivity index (χ3n) is 4.42. The van der Waals surface area contributed by atoms with Crippen molar-refractivity contribution in [1.82, 2.24) is 9.88 Å². The van der Waals surface area contributed by atoms with Crippen LogP contribution in [0, 0.1) is 0 Å². The van der Waals surface area contributed by atoms with Crippen molar-refractivity contribution in [2.45, 2.75) is 25.7 Å². The van der Waals surface area contributed by atoms with Crippen LogP contribution >= 0.6 is 0 Å². The molecule has 3 heterocycles. The number of primary amides is 1. The van der Waals surface area contributed by atoms with Gasteiger partial charge in [0.1, 0.15) is 0 Å². The van der Waals surface area contributed by atoms with E-state index in [1.807, 2.05) is 17.0 Å². The fourth-order valence-corrected chi connectivity index (χ4v) is 3.19. The molecule has 122 valence electrons. The molecule has 2 aliphatic rings. The predicted octanol–water partition coefficient (Wildman–Crippen LogP) is 1.17. The Balaban J connectivity index is 1.64. The van der Waals surface area contributed by atoms with Crippen molar-refractivity contribution in [2.24, 2.45) is 5.73 Å². The number of likely N-dealkylation sites (tertiary alicyclic amines) is 1. The largest absolute Gasteiger partial charge is 0.366 e. The predicted molar refractivity (Wildman–Crippen MR) is 88.7 cm³/mol. The second kappa shape index (κ2) is 6.81. The van der Waals surface area contributed by atoms with Crippen LogP contribution in [0.5, 0.6) is 0 Å². The van der Waals surface area contributed by atoms with Crippen LogP contribution in [-0.2, 0) is 9.59 Å². The zero-order valence-electron chi connectivity index (χ0n) is 13.2. The van der Waals surface area contributed by atoms with Crippen molar-refractivity contribution in [3.05, 3.63) is 29.6 Å². The summed E-state index contributed by atoms with van der Waals surface area (Å²) in [6, 6.07) is 3.89. The van der Waals surface area contributed by atoms with Gasteiger partial charge >= 0.3 is 0 Å². The van der Waals surface area contributed by atoms with Gasteiger partial charge in [-0.25, -0.2) is 0 Å². The maximum atomic E-state index is 11.8. The Morgan fingerprint density at radius 2 is 2.09 bits per heavy atom. The number of pyridine rings is 1. The van der Waals surface area contributed by atoms with Gasteiger partial charge in [-0.05, 0) is 37.5 Å². The summed E-state index contributed by atoms with van der Waals surface area (Å²) < 4.78 is 0. The van der Waals surface area contributed by atoms with Gasteiger partial charge in [0, 0.05) is 44.4 Å². The Bertz CT molecular complexity index is 641. The number of amides is 2. The van der Waals surface area contributed by atoms with E-state index in [0.717, 1.165) is 50.3 Å². The fraction of sp³-hybridized carbons (Fsp3) is 0.471. The van der Waals surface area contributed by atoms with E-state index in [1.165, 1.54) is 0 Å². The number of nitrogens with zero attached hydrogens (tertiary/aromatic N) is 3. The maximum Gasteiger partial charge on any atom is 0.246 e. The lowest BCUT2D eigenvalue weighted by molar-refractivity contribution is -0.133. The van der Waals surface area contributed by atoms with Gasteiger partial charge in [-0.1, -0.05) is 0 Å². The summed E-state index contributed by atoms with van der Waals surface area (Å²) >= 11 is 0. The molecule has 0 saturated carbocycles. The van der Waals surface area contributed by atoms with Crippen LogP contribution in [0.1, 0.15) is 31.4 Å². The van der Waals surface area contributed by atoms with Crippen molar-refractivity contribution in [3.63, 3.8) is 0 Å². The number of nitrogens with two attached hydrogens (primary N) is 1. The average molecular weight is 314 g/mol. The van der Waals surface area contributed by atoms with Crippen LogP contribution in [0.3, 0.4) is 0 Å². The van der Waals surface area contributed by atoms with E-state index >= 15 is 0 Å². The zero-order valence-corrected chi connectivity index (χ0v) is 13.2. The highest BCUT2D eigenvalue weighted by atomic mass is 16.2. The molecule has 2 aliphatic heterocycles. The first kappa shape index (κ1) is 15.5. The first-order chi connectivity index (χ1) is 11.1. The van der Waals surface area contributed by atoms with Crippen LogP contribution in [0.15, 0.2) is 23.9 Å². The normalized spacial score (nSPS) is 17.7. The highest BCUT2D eigenvalue weighted by Gasteiger charge is 2.22. The van der Waals surface area contributed by atoms with E-state index in [-0.39, 0.29) is 5.91 Å². The quantitative estimate of drug-likeness (QED) is 0.885. The van der Waals surface area contributed by atoms with Gasteiger partial charge in [-0.2, -0.15) is 0 Å². The number of piperidine rings is 1. The van der Waals surface area contributed by atoms with Crippen LogP contribution in [0.4, 0.5) is 5.69 Å². The van der Waals surface area contributed by atoms with Gasteiger partial charge in [-0.3, -0.25) is 14.6 Å². The third kappa shape index (κ3) is 3.52. The number of fused-ring (bicyclic) bond motifs is 1. The molecule has 1 aromatic heterocycles. The Kier molecular flexibility index (Phi) is 4.60. The highest BCUT2D eigenvalue weighted by molar-refractivity contribution is 5.99. The highest BCUT2D eigenvalue weighted by Crippen LogP contribution is 2.26. The molecule has 0 radical (unpaired) electrons. The molecule has 2 amide bonds. The van der Waals surface area contributed by atoms with E-state index in [0.29, 0.717) is 18.5 Å². The molecule has 0 atom stereocenters. The molecule has 0 aliphatic carbocycles. The van der Waals surface area contributed by atoms with Crippen molar-refractivity contribution < 1.29 is 9.59 Å². The zero-order chi connectivity index (χ0) is 16.2. The topological polar surface area (TPSA) is 79.5 Å². The summed E-state index contributed by atoms with van der Waals surface area (Å²) in [6.07, 6.45) is 7.12. The van der Waals surface area contributed by atoms with Gasteiger partial charge in [0.15, 0.2) is 0 Å². The number of hydrogen-bond donors (Lipinski definition) is 1. The Labute approximate surface area is 136 Å². The minimum absolute atomic E-state index is 0.259. The van der Waals surface area contributed by atoms with Crippen molar-refractivity contribution in [3.8, 4) is 0 Å². The van der Waals surface area contributed by atoms with E-state index in [1.54, 1.807) is 12.3 Å². The lowest BCUT2D eigenvalue weighted by Crippen LogP contribution is -2.39. The summed E-state index contributed by atoms with van der Waals surface area (Å²) in [5, 5.41) is 0. The maximum absolute atomic E-state index is 11.8. The molecule has 1 fully saturated rings. The first-order valence-corrected chi connectivity index (χ1v) is 8.13. The number of rotatable bonds is 5. The van der Waals surface area contributed by atoms with Crippen molar-refractivity contribution >= 4 is 23.6 Å². The molecular weight excluding hydrogens is 292 g/mol. The van der Waals surface area contributed by atoms with Gasteiger partial charge < -0.3 is 15.5 Å². The third-order valence-corrected chi connectivity index (χ3v) is 4.42. The van der Waals surface area contributed by atoms with E-state index in [4.69, 9.17) is 5.73 Å². The summed E-state index contributed by atoms with van der Waals surface area (Å²) in [6.45, 7) is 2.90. The molecule has 0 aromatic carbocycles. The van der Waals surface area contributed by atoms with Gasteiger partial charge in [0.2, 0.25) is 11.8 Å². The molecule has 1 aromatic rings. The molecule has 2 N–H and O–H groups in total. The summed E-state index contributed by atoms with van der Waals surface area (Å²) in [5.41, 5.74) is 7.81. The minimum atomic E-state index is -0.405. The number of carbonyl (C=O) groups is 2. The lowest BCUT2D eigenvalue weighted by Gasteiger charge is -2.31. The molecule has 6 nitrogen and oxygen atoms in total. The second-order valence-electron chi connectivity index (χ2n) is 6.05. The fourth-order valence-electron chi connectivity index (χ4n) is 3.19. The molecular formula is C17H22N4O2. The van der Waals surface area contributed by atoms with Gasteiger partial charge in [0.05, 0.1) is 11.4 Å². The van der Waals surface area contributed by atoms with Crippen LogP contribution in [-0.4, -0.2) is 47.9 Å². The molecule has 23 heavy (non-hydrogen) atoms. The van der Waals surface area contributed by atoms with Crippen LogP contribution < -0.4 is 10.6 Å². The number of aromatic nitrogens is 1. The first-order valence-electron chi connectivity index (χ1n) is 8.13. The van der Waals surface area contributed by atoms with Crippen molar-refractivity contribution in [2.75, 3.05) is 31.1 Å². The molecule has 0 spiro atoms. The van der Waals surface area contributed by atoms with Gasteiger partial charge in [0.25, 0.3) is 0 Å². The SMILES string of the molecule is NC(=O)C1=Cc2ncccc2N(CCCN2CCCCC2=O)C1. The molecule has 0 bridgehead atoms. The lowest BCUT2D eigenvalue weighted by atomic mass is 10.1. The number of carbonyl (C=O) groups excluding carboxylic acids is 2. The molecule has 1 saturated heterocycles. The Morgan fingerprint density at radius 3 is 2.87 bits per heavy atom. The number of anilines is 1.